The maximum absolute atomic E-state index is 9.92. The molecule has 1 aliphatic rings. The van der Waals surface area contributed by atoms with Gasteiger partial charge in [-0.25, -0.2) is 0 Å². The summed E-state index contributed by atoms with van der Waals surface area (Å²) in [6.07, 6.45) is 1.99. The van der Waals surface area contributed by atoms with Crippen LogP contribution in [0.5, 0.6) is 0 Å². The highest BCUT2D eigenvalue weighted by molar-refractivity contribution is 5.73. The summed E-state index contributed by atoms with van der Waals surface area (Å²) in [6.45, 7) is 3.93. The fourth-order valence-electron chi connectivity index (χ4n) is 2.26. The van der Waals surface area contributed by atoms with E-state index in [0.29, 0.717) is 6.42 Å². The molecule has 0 bridgehead atoms. The number of rotatable bonds is 1. The van der Waals surface area contributed by atoms with Crippen LogP contribution in [0.15, 0.2) is 49.2 Å². The molecule has 1 aromatic heterocycles. The van der Waals surface area contributed by atoms with Gasteiger partial charge >= 0.3 is 0 Å². The average Bonchev–Trinajstić information content (AvgIpc) is 2.66. The van der Waals surface area contributed by atoms with Crippen LogP contribution in [0.3, 0.4) is 0 Å². The Bertz CT molecular complexity index is 575. The second kappa shape index (κ2) is 3.82. The van der Waals surface area contributed by atoms with Crippen molar-refractivity contribution in [2.45, 2.75) is 12.5 Å². The molecular weight excluding hydrogens is 210 g/mol. The Kier molecular flexibility index (Phi) is 2.30. The molecule has 0 fully saturated rings. The van der Waals surface area contributed by atoms with E-state index in [1.165, 1.54) is 0 Å². The maximum atomic E-state index is 9.92. The minimum Gasteiger partial charge on any atom is -0.388 e. The molecule has 0 amide bonds. The van der Waals surface area contributed by atoms with E-state index in [-0.39, 0.29) is 0 Å². The quantitative estimate of drug-likeness (QED) is 0.805. The van der Waals surface area contributed by atoms with Crippen molar-refractivity contribution < 1.29 is 5.11 Å². The summed E-state index contributed by atoms with van der Waals surface area (Å²) >= 11 is 0. The Morgan fingerprint density at radius 1 is 1.18 bits per heavy atom. The van der Waals surface area contributed by atoms with Crippen LogP contribution < -0.4 is 0 Å². The lowest BCUT2D eigenvalue weighted by Crippen LogP contribution is -1.93. The second-order valence-electron chi connectivity index (χ2n) is 4.35. The predicted octanol–water partition coefficient (Wildman–Crippen LogP) is 3.20. The van der Waals surface area contributed by atoms with Gasteiger partial charge < -0.3 is 5.11 Å². The Hall–Kier alpha value is -1.93. The van der Waals surface area contributed by atoms with Gasteiger partial charge in [0.25, 0.3) is 0 Å². The van der Waals surface area contributed by atoms with Crippen molar-refractivity contribution in [2.75, 3.05) is 0 Å². The third-order valence-corrected chi connectivity index (χ3v) is 3.16. The van der Waals surface area contributed by atoms with Crippen molar-refractivity contribution in [2.24, 2.45) is 0 Å². The maximum Gasteiger partial charge on any atom is 0.0852 e. The largest absolute Gasteiger partial charge is 0.388 e. The summed E-state index contributed by atoms with van der Waals surface area (Å²) < 4.78 is 0. The molecule has 2 aromatic rings. The van der Waals surface area contributed by atoms with E-state index in [2.05, 4.69) is 11.6 Å². The molecule has 17 heavy (non-hydrogen) atoms. The van der Waals surface area contributed by atoms with Crippen molar-refractivity contribution in [3.8, 4) is 11.1 Å². The molecule has 0 spiro atoms. The van der Waals surface area contributed by atoms with E-state index in [4.69, 9.17) is 0 Å². The highest BCUT2D eigenvalue weighted by atomic mass is 16.3. The van der Waals surface area contributed by atoms with Crippen LogP contribution in [-0.4, -0.2) is 10.1 Å². The summed E-state index contributed by atoms with van der Waals surface area (Å²) in [6, 6.07) is 12.1. The Morgan fingerprint density at radius 3 is 2.71 bits per heavy atom. The molecule has 0 aliphatic heterocycles. The molecule has 0 saturated heterocycles. The van der Waals surface area contributed by atoms with Crippen LogP contribution in [0.1, 0.15) is 23.8 Å². The van der Waals surface area contributed by atoms with Gasteiger partial charge in [0.1, 0.15) is 0 Å². The first kappa shape index (κ1) is 10.2. The van der Waals surface area contributed by atoms with Gasteiger partial charge in [0.05, 0.1) is 11.8 Å². The summed E-state index contributed by atoms with van der Waals surface area (Å²) in [5, 5.41) is 9.92. The molecule has 3 rings (SSSR count). The number of benzene rings is 1. The van der Waals surface area contributed by atoms with Crippen LogP contribution in [-0.2, 0) is 0 Å². The van der Waals surface area contributed by atoms with Gasteiger partial charge in [0.15, 0.2) is 0 Å². The van der Waals surface area contributed by atoms with Gasteiger partial charge in [-0.3, -0.25) is 4.98 Å². The first-order valence-corrected chi connectivity index (χ1v) is 5.67. The first-order valence-electron chi connectivity index (χ1n) is 5.67. The standard InChI is InChI=1S/C15H13NO/c1-10-7-14(17)13-8-12(9-16-15(10)13)11-5-3-2-4-6-11/h2-6,8-9,14,17H,1,7H2. The van der Waals surface area contributed by atoms with Crippen molar-refractivity contribution in [3.05, 3.63) is 60.4 Å². The fourth-order valence-corrected chi connectivity index (χ4v) is 2.26. The molecule has 1 aromatic carbocycles. The van der Waals surface area contributed by atoms with Crippen LogP contribution in [0.2, 0.25) is 0 Å². The molecule has 0 radical (unpaired) electrons. The first-order chi connectivity index (χ1) is 8.25. The Balaban J connectivity index is 2.11. The molecular formula is C15H13NO. The minimum absolute atomic E-state index is 0.450. The van der Waals surface area contributed by atoms with Crippen molar-refractivity contribution in [1.29, 1.82) is 0 Å². The topological polar surface area (TPSA) is 33.1 Å². The monoisotopic (exact) mass is 223 g/mol. The third kappa shape index (κ3) is 1.67. The molecule has 1 atom stereocenters. The highest BCUT2D eigenvalue weighted by Gasteiger charge is 2.24. The van der Waals surface area contributed by atoms with E-state index < -0.39 is 6.10 Å². The zero-order valence-corrected chi connectivity index (χ0v) is 9.43. The smallest absolute Gasteiger partial charge is 0.0852 e. The predicted molar refractivity (Wildman–Crippen MR) is 68.3 cm³/mol. The lowest BCUT2D eigenvalue weighted by molar-refractivity contribution is 0.190. The number of aromatic nitrogens is 1. The van der Waals surface area contributed by atoms with Crippen molar-refractivity contribution in [1.82, 2.24) is 4.98 Å². The van der Waals surface area contributed by atoms with Crippen LogP contribution in [0.4, 0.5) is 0 Å². The summed E-state index contributed by atoms with van der Waals surface area (Å²) in [5.74, 6) is 0. The van der Waals surface area contributed by atoms with Crippen molar-refractivity contribution in [3.63, 3.8) is 0 Å². The molecule has 84 valence electrons. The van der Waals surface area contributed by atoms with E-state index in [1.807, 2.05) is 42.6 Å². The lowest BCUT2D eigenvalue weighted by atomic mass is 10.0. The number of fused-ring (bicyclic) bond motifs is 1. The fraction of sp³-hybridized carbons (Fsp3) is 0.133. The van der Waals surface area contributed by atoms with E-state index in [1.54, 1.807) is 0 Å². The molecule has 2 heteroatoms. The second-order valence-corrected chi connectivity index (χ2v) is 4.35. The summed E-state index contributed by atoms with van der Waals surface area (Å²) in [4.78, 5) is 4.41. The number of hydrogen-bond acceptors (Lipinski definition) is 2. The van der Waals surface area contributed by atoms with E-state index >= 15 is 0 Å². The van der Waals surface area contributed by atoms with E-state index in [0.717, 1.165) is 28.0 Å². The van der Waals surface area contributed by atoms with Crippen LogP contribution >= 0.6 is 0 Å². The average molecular weight is 223 g/mol. The van der Waals surface area contributed by atoms with Crippen LogP contribution in [0.25, 0.3) is 16.7 Å². The number of aliphatic hydroxyl groups is 1. The van der Waals surface area contributed by atoms with Crippen LogP contribution in [0, 0.1) is 0 Å². The van der Waals surface area contributed by atoms with E-state index in [9.17, 15) is 5.11 Å². The van der Waals surface area contributed by atoms with Gasteiger partial charge in [0, 0.05) is 23.7 Å². The Labute approximate surface area is 100 Å². The molecule has 2 nitrogen and oxygen atoms in total. The van der Waals surface area contributed by atoms with Gasteiger partial charge in [-0.2, -0.15) is 0 Å². The number of aliphatic hydroxyl groups excluding tert-OH is 1. The minimum atomic E-state index is -0.450. The molecule has 1 aliphatic carbocycles. The zero-order chi connectivity index (χ0) is 11.8. The molecule has 1 N–H and O–H groups in total. The number of hydrogen-bond donors (Lipinski definition) is 1. The van der Waals surface area contributed by atoms with Gasteiger partial charge in [-0.05, 0) is 17.2 Å². The third-order valence-electron chi connectivity index (χ3n) is 3.16. The molecule has 1 unspecified atom stereocenters. The van der Waals surface area contributed by atoms with Gasteiger partial charge in [-0.1, -0.05) is 36.9 Å². The SMILES string of the molecule is C=C1CC(O)c2cc(-c3ccccc3)cnc21. The normalized spacial score (nSPS) is 18.2. The van der Waals surface area contributed by atoms with Gasteiger partial charge in [-0.15, -0.1) is 0 Å². The lowest BCUT2D eigenvalue weighted by Gasteiger charge is -2.06. The summed E-state index contributed by atoms with van der Waals surface area (Å²) in [7, 11) is 0. The van der Waals surface area contributed by atoms with Crippen molar-refractivity contribution >= 4 is 5.57 Å². The highest BCUT2D eigenvalue weighted by Crippen LogP contribution is 2.38. The molecule has 0 saturated carbocycles. The number of nitrogens with zero attached hydrogens (tertiary/aromatic N) is 1. The molecule has 1 heterocycles. The summed E-state index contributed by atoms with van der Waals surface area (Å²) in [5.41, 5.74) is 4.84. The van der Waals surface area contributed by atoms with Gasteiger partial charge in [0.2, 0.25) is 0 Å². The Morgan fingerprint density at radius 2 is 1.94 bits per heavy atom. The number of pyridine rings is 1. The zero-order valence-electron chi connectivity index (χ0n) is 9.43.